The Balaban J connectivity index is 1.97. The number of carbonyl (C=O) groups excluding carboxylic acids is 1. The van der Waals surface area contributed by atoms with E-state index < -0.39 is 23.4 Å². The zero-order valence-corrected chi connectivity index (χ0v) is 16.5. The maximum absolute atomic E-state index is 14.0. The molecule has 152 valence electrons. The molecule has 0 bridgehead atoms. The number of carbonyl (C=O) groups is 1. The van der Waals surface area contributed by atoms with E-state index >= 15 is 0 Å². The van der Waals surface area contributed by atoms with Gasteiger partial charge in [-0.15, -0.1) is 0 Å². The average Bonchev–Trinajstić information content (AvgIpc) is 3.09. The molecule has 1 aromatic carbocycles. The quantitative estimate of drug-likeness (QED) is 0.476. The van der Waals surface area contributed by atoms with Crippen molar-refractivity contribution in [3.63, 3.8) is 0 Å². The standard InChI is InChI=1S/C20H22F2N6O/c1-10(20(2,3)22)27-19(29)13-8-25-18-17(13)28-15(9-26-18)16(23)12-6-5-11(21)7-14(12)24-4/h5-10,23-24H,1-4H3,(H,25,26)(H,27,29)/t10-/m1/s1. The molecule has 0 spiro atoms. The van der Waals surface area contributed by atoms with Gasteiger partial charge in [-0.1, -0.05) is 0 Å². The van der Waals surface area contributed by atoms with Gasteiger partial charge >= 0.3 is 0 Å². The van der Waals surface area contributed by atoms with Gasteiger partial charge in [0.2, 0.25) is 0 Å². The van der Waals surface area contributed by atoms with Gasteiger partial charge in [-0.05, 0) is 39.0 Å². The van der Waals surface area contributed by atoms with Crippen LogP contribution in [0.2, 0.25) is 0 Å². The van der Waals surface area contributed by atoms with Crippen molar-refractivity contribution < 1.29 is 13.6 Å². The normalized spacial score (nSPS) is 12.6. The zero-order valence-electron chi connectivity index (χ0n) is 16.5. The van der Waals surface area contributed by atoms with Crippen molar-refractivity contribution >= 4 is 28.5 Å². The summed E-state index contributed by atoms with van der Waals surface area (Å²) in [6, 6.07) is 3.30. The number of hydrogen-bond donors (Lipinski definition) is 4. The van der Waals surface area contributed by atoms with Crippen molar-refractivity contribution in [3.05, 3.63) is 53.2 Å². The number of nitrogens with one attached hydrogen (secondary N) is 4. The Kier molecular flexibility index (Phi) is 5.32. The number of halogens is 2. The first kappa shape index (κ1) is 20.4. The molecule has 0 radical (unpaired) electrons. The molecule has 0 aliphatic rings. The average molecular weight is 400 g/mol. The predicted octanol–water partition coefficient (Wildman–Crippen LogP) is 3.42. The molecule has 0 aliphatic carbocycles. The summed E-state index contributed by atoms with van der Waals surface area (Å²) in [5.74, 6) is -0.924. The Morgan fingerprint density at radius 2 is 2.03 bits per heavy atom. The van der Waals surface area contributed by atoms with Crippen LogP contribution in [0.15, 0.2) is 30.6 Å². The topological polar surface area (TPSA) is 107 Å². The van der Waals surface area contributed by atoms with Gasteiger partial charge in [-0.25, -0.2) is 18.7 Å². The van der Waals surface area contributed by atoms with E-state index in [1.54, 1.807) is 14.0 Å². The van der Waals surface area contributed by atoms with Crippen LogP contribution >= 0.6 is 0 Å². The number of fused-ring (bicyclic) bond motifs is 1. The molecular formula is C20H22F2N6O. The van der Waals surface area contributed by atoms with Crippen molar-refractivity contribution in [1.29, 1.82) is 5.41 Å². The molecule has 3 rings (SSSR count). The fourth-order valence-electron chi connectivity index (χ4n) is 2.71. The van der Waals surface area contributed by atoms with Gasteiger partial charge in [0.15, 0.2) is 5.65 Å². The molecule has 0 saturated heterocycles. The Hall–Kier alpha value is -3.36. The van der Waals surface area contributed by atoms with Crippen LogP contribution < -0.4 is 10.6 Å². The molecule has 0 saturated carbocycles. The smallest absolute Gasteiger partial charge is 0.255 e. The number of hydrogen-bond acceptors (Lipinski definition) is 5. The molecule has 4 N–H and O–H groups in total. The lowest BCUT2D eigenvalue weighted by molar-refractivity contribution is 0.0865. The van der Waals surface area contributed by atoms with E-state index in [0.717, 1.165) is 0 Å². The number of nitrogens with zero attached hydrogens (tertiary/aromatic N) is 2. The third-order valence-electron chi connectivity index (χ3n) is 4.78. The fraction of sp³-hybridized carbons (Fsp3) is 0.300. The Morgan fingerprint density at radius 3 is 2.69 bits per heavy atom. The Morgan fingerprint density at radius 1 is 1.31 bits per heavy atom. The van der Waals surface area contributed by atoms with E-state index in [-0.39, 0.29) is 22.5 Å². The van der Waals surface area contributed by atoms with Crippen LogP contribution in [0.3, 0.4) is 0 Å². The van der Waals surface area contributed by atoms with Crippen molar-refractivity contribution in [2.45, 2.75) is 32.5 Å². The lowest BCUT2D eigenvalue weighted by Gasteiger charge is -2.23. The minimum atomic E-state index is -1.59. The van der Waals surface area contributed by atoms with Crippen LogP contribution in [-0.4, -0.2) is 45.3 Å². The number of rotatable bonds is 6. The third-order valence-corrected chi connectivity index (χ3v) is 4.78. The summed E-state index contributed by atoms with van der Waals surface area (Å²) in [5.41, 5.74) is 0.356. The zero-order chi connectivity index (χ0) is 21.3. The van der Waals surface area contributed by atoms with Gasteiger partial charge in [0.1, 0.15) is 22.7 Å². The van der Waals surface area contributed by atoms with Crippen molar-refractivity contribution in [2.24, 2.45) is 0 Å². The van der Waals surface area contributed by atoms with E-state index in [0.29, 0.717) is 16.9 Å². The van der Waals surface area contributed by atoms with Crippen LogP contribution in [0.4, 0.5) is 14.5 Å². The Labute approximate surface area is 166 Å². The molecule has 29 heavy (non-hydrogen) atoms. The largest absolute Gasteiger partial charge is 0.387 e. The number of alkyl halides is 1. The lowest BCUT2D eigenvalue weighted by Crippen LogP contribution is -2.44. The summed E-state index contributed by atoms with van der Waals surface area (Å²) in [7, 11) is 1.63. The predicted molar refractivity (Wildman–Crippen MR) is 108 cm³/mol. The third kappa shape index (κ3) is 4.08. The van der Waals surface area contributed by atoms with E-state index in [1.165, 1.54) is 44.4 Å². The van der Waals surface area contributed by atoms with Gasteiger partial charge in [-0.3, -0.25) is 10.2 Å². The molecule has 0 unspecified atom stereocenters. The van der Waals surface area contributed by atoms with Gasteiger partial charge in [0, 0.05) is 24.5 Å². The minimum absolute atomic E-state index is 0.0227. The molecule has 0 fully saturated rings. The van der Waals surface area contributed by atoms with Crippen LogP contribution in [0, 0.1) is 11.2 Å². The first-order chi connectivity index (χ1) is 13.6. The lowest BCUT2D eigenvalue weighted by atomic mass is 10.0. The molecule has 7 nitrogen and oxygen atoms in total. The minimum Gasteiger partial charge on any atom is -0.387 e. The van der Waals surface area contributed by atoms with Gasteiger partial charge < -0.3 is 15.6 Å². The van der Waals surface area contributed by atoms with Crippen molar-refractivity contribution in [1.82, 2.24) is 20.3 Å². The second-order valence-electron chi connectivity index (χ2n) is 7.23. The highest BCUT2D eigenvalue weighted by molar-refractivity contribution is 6.14. The number of aromatic nitrogens is 3. The Bertz CT molecular complexity index is 1090. The fourth-order valence-corrected chi connectivity index (χ4v) is 2.71. The highest BCUT2D eigenvalue weighted by Gasteiger charge is 2.28. The summed E-state index contributed by atoms with van der Waals surface area (Å²) in [5, 5.41) is 13.9. The molecule has 2 heterocycles. The highest BCUT2D eigenvalue weighted by Crippen LogP contribution is 2.22. The van der Waals surface area contributed by atoms with Crippen LogP contribution in [0.5, 0.6) is 0 Å². The SMILES string of the molecule is CNc1cc(F)ccc1C(=N)c1cnc2[nH]cc(C(=O)N[C@H](C)C(C)(C)F)c2n1. The van der Waals surface area contributed by atoms with E-state index in [4.69, 9.17) is 5.41 Å². The molecule has 1 amide bonds. The number of H-pyrrole nitrogens is 1. The van der Waals surface area contributed by atoms with Crippen LogP contribution in [0.25, 0.3) is 11.2 Å². The molecule has 3 aromatic rings. The van der Waals surface area contributed by atoms with E-state index in [1.807, 2.05) is 0 Å². The molecule has 1 atom stereocenters. The van der Waals surface area contributed by atoms with Crippen molar-refractivity contribution in [3.8, 4) is 0 Å². The van der Waals surface area contributed by atoms with Crippen LogP contribution in [0.1, 0.15) is 42.4 Å². The number of aromatic amines is 1. The summed E-state index contributed by atoms with van der Waals surface area (Å²) in [6.45, 7) is 4.34. The van der Waals surface area contributed by atoms with Gasteiger partial charge in [-0.2, -0.15) is 0 Å². The maximum atomic E-state index is 14.0. The molecular weight excluding hydrogens is 378 g/mol. The van der Waals surface area contributed by atoms with Gasteiger partial charge in [0.25, 0.3) is 5.91 Å². The summed E-state index contributed by atoms with van der Waals surface area (Å²) >= 11 is 0. The molecule has 0 aliphatic heterocycles. The van der Waals surface area contributed by atoms with Crippen molar-refractivity contribution in [2.75, 3.05) is 12.4 Å². The van der Waals surface area contributed by atoms with Crippen LogP contribution in [-0.2, 0) is 0 Å². The number of anilines is 1. The second-order valence-corrected chi connectivity index (χ2v) is 7.23. The number of benzene rings is 1. The van der Waals surface area contributed by atoms with Gasteiger partial charge in [0.05, 0.1) is 23.5 Å². The summed E-state index contributed by atoms with van der Waals surface area (Å²) in [4.78, 5) is 24.1. The summed E-state index contributed by atoms with van der Waals surface area (Å²) in [6.07, 6.45) is 2.85. The molecule has 2 aromatic heterocycles. The maximum Gasteiger partial charge on any atom is 0.255 e. The first-order valence-corrected chi connectivity index (χ1v) is 9.02. The molecule has 9 heteroatoms. The number of amides is 1. The first-order valence-electron chi connectivity index (χ1n) is 9.02. The highest BCUT2D eigenvalue weighted by atomic mass is 19.1. The monoisotopic (exact) mass is 400 g/mol. The van der Waals surface area contributed by atoms with E-state index in [9.17, 15) is 13.6 Å². The van der Waals surface area contributed by atoms with E-state index in [2.05, 4.69) is 25.6 Å². The second kappa shape index (κ2) is 7.57. The summed E-state index contributed by atoms with van der Waals surface area (Å²) < 4.78 is 27.5.